The largest absolute Gasteiger partial charge is 0.496 e. The highest BCUT2D eigenvalue weighted by molar-refractivity contribution is 7.84. The molecule has 0 aliphatic rings. The molecule has 6 nitrogen and oxygen atoms in total. The van der Waals surface area contributed by atoms with Crippen LogP contribution >= 0.6 is 0 Å². The van der Waals surface area contributed by atoms with Crippen molar-refractivity contribution in [3.8, 4) is 17.1 Å². The van der Waals surface area contributed by atoms with Gasteiger partial charge < -0.3 is 10.1 Å². The second-order valence-corrected chi connectivity index (χ2v) is 7.15. The van der Waals surface area contributed by atoms with Crippen LogP contribution in [-0.4, -0.2) is 28.3 Å². The molecule has 0 aliphatic heterocycles. The average molecular weight is 371 g/mol. The molecule has 26 heavy (non-hydrogen) atoms. The van der Waals surface area contributed by atoms with Crippen LogP contribution in [0.4, 0.5) is 16.0 Å². The summed E-state index contributed by atoms with van der Waals surface area (Å²) < 4.78 is 26.3. The lowest BCUT2D eigenvalue weighted by Crippen LogP contribution is -2.01. The van der Waals surface area contributed by atoms with Gasteiger partial charge in [-0.1, -0.05) is 12.1 Å². The monoisotopic (exact) mass is 371 g/mol. The van der Waals surface area contributed by atoms with Gasteiger partial charge >= 0.3 is 0 Å². The van der Waals surface area contributed by atoms with E-state index in [1.807, 2.05) is 30.5 Å². The maximum atomic E-state index is 13.4. The predicted octanol–water partition coefficient (Wildman–Crippen LogP) is 3.94. The minimum Gasteiger partial charge on any atom is -0.496 e. The van der Waals surface area contributed by atoms with E-state index in [2.05, 4.69) is 20.3 Å². The van der Waals surface area contributed by atoms with E-state index >= 15 is 0 Å². The van der Waals surface area contributed by atoms with Crippen LogP contribution in [0.5, 0.6) is 5.75 Å². The Kier molecular flexibility index (Phi) is 5.52. The van der Waals surface area contributed by atoms with Crippen molar-refractivity contribution >= 4 is 22.3 Å². The van der Waals surface area contributed by atoms with Crippen LogP contribution in [-0.2, 0) is 16.4 Å². The number of nitrogens with zero attached hydrogens (tertiary/aromatic N) is 3. The molecule has 2 aromatic carbocycles. The van der Waals surface area contributed by atoms with Gasteiger partial charge in [-0.05, 0) is 36.1 Å². The topological polar surface area (TPSA) is 83.8 Å². The Morgan fingerprint density at radius 2 is 2.04 bits per heavy atom. The van der Waals surface area contributed by atoms with Crippen molar-refractivity contribution in [1.82, 2.24) is 15.0 Å². The third-order valence-corrected chi connectivity index (χ3v) is 4.31. The highest BCUT2D eigenvalue weighted by atomic mass is 32.2. The molecule has 1 atom stereocenters. The summed E-state index contributed by atoms with van der Waals surface area (Å²) in [5.74, 6) is 1.43. The van der Waals surface area contributed by atoms with Gasteiger partial charge in [0.15, 0.2) is 5.82 Å². The summed E-state index contributed by atoms with van der Waals surface area (Å²) in [7, 11) is 1.05. The molecule has 0 spiro atoms. The molecule has 8 heteroatoms. The van der Waals surface area contributed by atoms with Crippen LogP contribution in [0, 0.1) is 10.6 Å². The maximum Gasteiger partial charge on any atom is 0.230 e. The molecule has 1 aromatic heterocycles. The van der Waals surface area contributed by atoms with Gasteiger partial charge in [0, 0.05) is 17.5 Å². The molecule has 1 heterocycles. The van der Waals surface area contributed by atoms with Crippen molar-refractivity contribution in [2.75, 3.05) is 18.7 Å². The van der Waals surface area contributed by atoms with Crippen molar-refractivity contribution in [1.29, 1.82) is 4.78 Å². The Hall–Kier alpha value is -2.87. The van der Waals surface area contributed by atoms with Crippen LogP contribution in [0.2, 0.25) is 0 Å². The molecule has 2 N–H and O–H groups in total. The minimum atomic E-state index is -0.419. The average Bonchev–Trinajstić information content (AvgIpc) is 2.61. The number of aromatic nitrogens is 3. The van der Waals surface area contributed by atoms with E-state index in [4.69, 9.17) is 9.52 Å². The second-order valence-electron chi connectivity index (χ2n) is 5.58. The van der Waals surface area contributed by atoms with E-state index in [0.717, 1.165) is 11.3 Å². The molecule has 0 unspecified atom stereocenters. The Bertz CT molecular complexity index is 950. The molecule has 0 saturated carbocycles. The maximum absolute atomic E-state index is 13.4. The summed E-state index contributed by atoms with van der Waals surface area (Å²) in [5, 5.41) is 3.14. The molecule has 3 aromatic rings. The standard InChI is InChI=1S/C18H18FN5OS/c1-25-16-9-13(19)6-7-15(16)17-21-11-22-18(24-17)23-14-5-3-4-12(8-14)10-26(2)20/h3-9,11,20H,10H2,1-2H3,(H,21,22,23,24)/t26-/m1/s1. The van der Waals surface area contributed by atoms with Gasteiger partial charge in [-0.3, -0.25) is 4.78 Å². The van der Waals surface area contributed by atoms with Crippen molar-refractivity contribution in [2.24, 2.45) is 0 Å². The van der Waals surface area contributed by atoms with E-state index in [1.54, 1.807) is 6.07 Å². The molecule has 0 amide bonds. The Balaban J connectivity index is 1.88. The van der Waals surface area contributed by atoms with E-state index in [9.17, 15) is 4.39 Å². The van der Waals surface area contributed by atoms with Crippen LogP contribution in [0.15, 0.2) is 48.8 Å². The number of rotatable bonds is 6. The summed E-state index contributed by atoms with van der Waals surface area (Å²) in [4.78, 5) is 12.7. The summed E-state index contributed by atoms with van der Waals surface area (Å²) in [6, 6.07) is 12.0. The Morgan fingerprint density at radius 1 is 1.19 bits per heavy atom. The SMILES string of the molecule is COc1cc(F)ccc1-c1ncnc(Nc2cccc(C[S@@](C)=N)c2)n1. The summed E-state index contributed by atoms with van der Waals surface area (Å²) >= 11 is 0. The number of hydrogen-bond acceptors (Lipinski definition) is 6. The van der Waals surface area contributed by atoms with Crippen LogP contribution in [0.1, 0.15) is 5.56 Å². The van der Waals surface area contributed by atoms with Crippen LogP contribution < -0.4 is 10.1 Å². The summed E-state index contributed by atoms with van der Waals surface area (Å²) in [5.41, 5.74) is 2.49. The number of nitrogens with one attached hydrogen (secondary N) is 2. The molecular formula is C18H18FN5OS. The first-order valence-electron chi connectivity index (χ1n) is 7.78. The molecule has 134 valence electrons. The van der Waals surface area contributed by atoms with Gasteiger partial charge in [0.25, 0.3) is 0 Å². The number of hydrogen-bond donors (Lipinski definition) is 2. The summed E-state index contributed by atoms with van der Waals surface area (Å²) in [6.45, 7) is 0. The van der Waals surface area contributed by atoms with Crippen molar-refractivity contribution < 1.29 is 9.13 Å². The predicted molar refractivity (Wildman–Crippen MR) is 101 cm³/mol. The van der Waals surface area contributed by atoms with Gasteiger partial charge in [0.2, 0.25) is 5.95 Å². The van der Waals surface area contributed by atoms with E-state index in [1.165, 1.54) is 25.6 Å². The smallest absolute Gasteiger partial charge is 0.230 e. The van der Waals surface area contributed by atoms with Crippen molar-refractivity contribution in [3.05, 3.63) is 60.2 Å². The Labute approximate surface area is 153 Å². The fraction of sp³-hybridized carbons (Fsp3) is 0.167. The van der Waals surface area contributed by atoms with Gasteiger partial charge in [-0.15, -0.1) is 10.7 Å². The van der Waals surface area contributed by atoms with Crippen molar-refractivity contribution in [2.45, 2.75) is 5.75 Å². The molecule has 0 aliphatic carbocycles. The van der Waals surface area contributed by atoms with Crippen molar-refractivity contribution in [3.63, 3.8) is 0 Å². The zero-order valence-corrected chi connectivity index (χ0v) is 15.2. The number of anilines is 2. The second kappa shape index (κ2) is 8.01. The van der Waals surface area contributed by atoms with E-state index in [0.29, 0.717) is 28.8 Å². The first-order chi connectivity index (χ1) is 12.5. The Morgan fingerprint density at radius 3 is 2.81 bits per heavy atom. The fourth-order valence-corrected chi connectivity index (χ4v) is 3.13. The lowest BCUT2D eigenvalue weighted by atomic mass is 10.2. The summed E-state index contributed by atoms with van der Waals surface area (Å²) in [6.07, 6.45) is 3.28. The third kappa shape index (κ3) is 4.40. The van der Waals surface area contributed by atoms with Gasteiger partial charge in [0.05, 0.1) is 12.7 Å². The van der Waals surface area contributed by atoms with Gasteiger partial charge in [-0.25, -0.2) is 14.4 Å². The first-order valence-corrected chi connectivity index (χ1v) is 9.58. The van der Waals surface area contributed by atoms with Crippen LogP contribution in [0.25, 0.3) is 11.4 Å². The third-order valence-electron chi connectivity index (χ3n) is 3.54. The van der Waals surface area contributed by atoms with Gasteiger partial charge in [-0.2, -0.15) is 4.98 Å². The minimum absolute atomic E-state index is 0.356. The molecule has 0 bridgehead atoms. The van der Waals surface area contributed by atoms with E-state index in [-0.39, 0.29) is 5.82 Å². The lowest BCUT2D eigenvalue weighted by molar-refractivity contribution is 0.412. The van der Waals surface area contributed by atoms with E-state index < -0.39 is 10.7 Å². The van der Waals surface area contributed by atoms with Crippen LogP contribution in [0.3, 0.4) is 0 Å². The fourth-order valence-electron chi connectivity index (χ4n) is 2.45. The molecule has 0 fully saturated rings. The quantitative estimate of drug-likeness (QED) is 0.686. The van der Waals surface area contributed by atoms with Gasteiger partial charge in [0.1, 0.15) is 17.9 Å². The lowest BCUT2D eigenvalue weighted by Gasteiger charge is -2.10. The molecule has 0 radical (unpaired) electrons. The molecular weight excluding hydrogens is 353 g/mol. The zero-order valence-electron chi connectivity index (χ0n) is 14.4. The number of halogens is 1. The zero-order chi connectivity index (χ0) is 18.5. The number of ether oxygens (including phenoxy) is 1. The number of methoxy groups -OCH3 is 1. The first kappa shape index (κ1) is 17.9. The normalized spacial score (nSPS) is 11.8. The highest BCUT2D eigenvalue weighted by Crippen LogP contribution is 2.28. The number of benzene rings is 2. The molecule has 0 saturated heterocycles. The highest BCUT2D eigenvalue weighted by Gasteiger charge is 2.11. The molecule has 3 rings (SSSR count).